The van der Waals surface area contributed by atoms with Gasteiger partial charge in [0.25, 0.3) is 0 Å². The van der Waals surface area contributed by atoms with Crippen molar-refractivity contribution in [1.82, 2.24) is 5.32 Å². The molecule has 0 unspecified atom stereocenters. The van der Waals surface area contributed by atoms with E-state index < -0.39 is 11.7 Å². The molecule has 4 heteroatoms. The zero-order valence-corrected chi connectivity index (χ0v) is 6.04. The van der Waals surface area contributed by atoms with Gasteiger partial charge in [0.15, 0.2) is 0 Å². The minimum Gasteiger partial charge on any atom is -0.304 e. The fourth-order valence-corrected chi connectivity index (χ4v) is 2.12. The standard InChI is InChI=1S/C7H10F3N/c8-7(9,10)6-3-5(4-6)1-2-11-6/h5,11H,1-4H2. The normalized spacial score (nSPS) is 43.4. The summed E-state index contributed by atoms with van der Waals surface area (Å²) in [5.41, 5.74) is -1.49. The van der Waals surface area contributed by atoms with Gasteiger partial charge in [0.1, 0.15) is 5.54 Å². The van der Waals surface area contributed by atoms with Gasteiger partial charge in [-0.2, -0.15) is 13.2 Å². The van der Waals surface area contributed by atoms with E-state index in [0.717, 1.165) is 6.42 Å². The lowest BCUT2D eigenvalue weighted by Crippen LogP contribution is -2.68. The van der Waals surface area contributed by atoms with Crippen LogP contribution >= 0.6 is 0 Å². The van der Waals surface area contributed by atoms with Crippen LogP contribution in [0.25, 0.3) is 0 Å². The van der Waals surface area contributed by atoms with Crippen LogP contribution < -0.4 is 5.32 Å². The number of hydrogen-bond acceptors (Lipinski definition) is 1. The zero-order chi connectivity index (χ0) is 8.11. The molecule has 0 radical (unpaired) electrons. The van der Waals surface area contributed by atoms with Crippen molar-refractivity contribution in [2.75, 3.05) is 6.54 Å². The molecule has 2 heterocycles. The largest absolute Gasteiger partial charge is 0.406 e. The van der Waals surface area contributed by atoms with Crippen LogP contribution in [0.15, 0.2) is 0 Å². The van der Waals surface area contributed by atoms with Gasteiger partial charge < -0.3 is 5.32 Å². The molecule has 2 saturated heterocycles. The highest BCUT2D eigenvalue weighted by Crippen LogP contribution is 2.51. The molecule has 3 fully saturated rings. The Morgan fingerprint density at radius 1 is 1.27 bits per heavy atom. The molecule has 0 aromatic heterocycles. The van der Waals surface area contributed by atoms with Crippen LogP contribution in [0.1, 0.15) is 19.3 Å². The highest BCUT2D eigenvalue weighted by atomic mass is 19.4. The smallest absolute Gasteiger partial charge is 0.304 e. The van der Waals surface area contributed by atoms with Gasteiger partial charge in [0.05, 0.1) is 0 Å². The van der Waals surface area contributed by atoms with Crippen LogP contribution in [0, 0.1) is 5.92 Å². The van der Waals surface area contributed by atoms with Gasteiger partial charge in [-0.05, 0) is 31.7 Å². The van der Waals surface area contributed by atoms with Crippen molar-refractivity contribution in [3.05, 3.63) is 0 Å². The Hall–Kier alpha value is -0.250. The number of halogens is 3. The van der Waals surface area contributed by atoms with Gasteiger partial charge in [-0.1, -0.05) is 0 Å². The van der Waals surface area contributed by atoms with Crippen molar-refractivity contribution >= 4 is 0 Å². The van der Waals surface area contributed by atoms with E-state index in [1.165, 1.54) is 0 Å². The lowest BCUT2D eigenvalue weighted by atomic mass is 9.63. The molecule has 1 nitrogen and oxygen atoms in total. The van der Waals surface area contributed by atoms with Crippen molar-refractivity contribution < 1.29 is 13.2 Å². The van der Waals surface area contributed by atoms with Crippen LogP contribution in [0.5, 0.6) is 0 Å². The SMILES string of the molecule is FC(F)(F)C12CC(CCN1)C2. The summed E-state index contributed by atoms with van der Waals surface area (Å²) in [6.45, 7) is 0.532. The first-order valence-corrected chi connectivity index (χ1v) is 3.85. The molecule has 1 N–H and O–H groups in total. The third-order valence-electron chi connectivity index (χ3n) is 2.83. The van der Waals surface area contributed by atoms with Crippen LogP contribution in [-0.2, 0) is 0 Å². The molecule has 0 atom stereocenters. The number of rotatable bonds is 0. The van der Waals surface area contributed by atoms with Crippen LogP contribution in [0.4, 0.5) is 13.2 Å². The molecule has 0 amide bonds. The number of alkyl halides is 3. The third kappa shape index (κ3) is 0.883. The molecule has 2 bridgehead atoms. The molecule has 11 heavy (non-hydrogen) atoms. The van der Waals surface area contributed by atoms with Crippen LogP contribution in [-0.4, -0.2) is 18.3 Å². The second-order valence-electron chi connectivity index (χ2n) is 3.57. The second-order valence-corrected chi connectivity index (χ2v) is 3.57. The summed E-state index contributed by atoms with van der Waals surface area (Å²) < 4.78 is 36.9. The highest BCUT2D eigenvalue weighted by Gasteiger charge is 2.63. The Morgan fingerprint density at radius 3 is 2.18 bits per heavy atom. The van der Waals surface area contributed by atoms with E-state index in [9.17, 15) is 13.2 Å². The molecular formula is C7H10F3N. The molecule has 0 aromatic carbocycles. The molecule has 1 aliphatic carbocycles. The predicted octanol–water partition coefficient (Wildman–Crippen LogP) is 1.69. The van der Waals surface area contributed by atoms with Crippen LogP contribution in [0.3, 0.4) is 0 Å². The third-order valence-corrected chi connectivity index (χ3v) is 2.83. The average molecular weight is 165 g/mol. The Morgan fingerprint density at radius 2 is 1.91 bits per heavy atom. The summed E-state index contributed by atoms with van der Waals surface area (Å²) in [4.78, 5) is 0. The van der Waals surface area contributed by atoms with Crippen molar-refractivity contribution in [3.8, 4) is 0 Å². The predicted molar refractivity (Wildman–Crippen MR) is 34.1 cm³/mol. The quantitative estimate of drug-likeness (QED) is 0.576. The van der Waals surface area contributed by atoms with E-state index in [0.29, 0.717) is 25.3 Å². The van der Waals surface area contributed by atoms with Crippen molar-refractivity contribution in [1.29, 1.82) is 0 Å². The first-order valence-electron chi connectivity index (χ1n) is 3.85. The van der Waals surface area contributed by atoms with Gasteiger partial charge in [0.2, 0.25) is 0 Å². The topological polar surface area (TPSA) is 12.0 Å². The zero-order valence-electron chi connectivity index (χ0n) is 6.04. The van der Waals surface area contributed by atoms with Gasteiger partial charge in [-0.3, -0.25) is 0 Å². The highest BCUT2D eigenvalue weighted by molar-refractivity contribution is 5.09. The summed E-state index contributed by atoms with van der Waals surface area (Å²) in [6.07, 6.45) is -2.52. The van der Waals surface area contributed by atoms with Gasteiger partial charge in [0, 0.05) is 0 Å². The molecule has 2 aliphatic heterocycles. The maximum atomic E-state index is 12.3. The van der Waals surface area contributed by atoms with E-state index in [1.807, 2.05) is 0 Å². The monoisotopic (exact) mass is 165 g/mol. The molecule has 1 saturated carbocycles. The Bertz CT molecular complexity index is 164. The van der Waals surface area contributed by atoms with Crippen molar-refractivity contribution in [2.45, 2.75) is 31.0 Å². The maximum absolute atomic E-state index is 12.3. The maximum Gasteiger partial charge on any atom is 0.406 e. The summed E-state index contributed by atoms with van der Waals surface area (Å²) in [6, 6.07) is 0. The number of hydrogen-bond donors (Lipinski definition) is 1. The fraction of sp³-hybridized carbons (Fsp3) is 1.00. The first kappa shape index (κ1) is 7.40. The minimum absolute atomic E-state index is 0.302. The average Bonchev–Trinajstić information content (AvgIpc) is 1.85. The lowest BCUT2D eigenvalue weighted by Gasteiger charge is -2.53. The first-order chi connectivity index (χ1) is 5.04. The molecule has 64 valence electrons. The van der Waals surface area contributed by atoms with Gasteiger partial charge in [-0.15, -0.1) is 0 Å². The van der Waals surface area contributed by atoms with E-state index in [1.54, 1.807) is 0 Å². The summed E-state index contributed by atoms with van der Waals surface area (Å²) in [5.74, 6) is 0.331. The summed E-state index contributed by atoms with van der Waals surface area (Å²) in [5, 5.41) is 2.58. The number of nitrogens with one attached hydrogen (secondary N) is 1. The summed E-state index contributed by atoms with van der Waals surface area (Å²) in [7, 11) is 0. The Labute approximate surface area is 63.0 Å². The van der Waals surface area contributed by atoms with Crippen molar-refractivity contribution in [3.63, 3.8) is 0 Å². The minimum atomic E-state index is -4.04. The number of fused-ring (bicyclic) bond motifs is 2. The van der Waals surface area contributed by atoms with Gasteiger partial charge >= 0.3 is 6.18 Å². The van der Waals surface area contributed by atoms with Gasteiger partial charge in [-0.25, -0.2) is 0 Å². The van der Waals surface area contributed by atoms with E-state index in [-0.39, 0.29) is 0 Å². The van der Waals surface area contributed by atoms with E-state index in [2.05, 4.69) is 5.32 Å². The fourth-order valence-electron chi connectivity index (χ4n) is 2.12. The molecular weight excluding hydrogens is 155 g/mol. The number of piperidine rings is 2. The molecule has 0 spiro atoms. The van der Waals surface area contributed by atoms with Crippen molar-refractivity contribution in [2.24, 2.45) is 5.92 Å². The Kier molecular flexibility index (Phi) is 1.29. The van der Waals surface area contributed by atoms with E-state index >= 15 is 0 Å². The second kappa shape index (κ2) is 1.91. The summed E-state index contributed by atoms with van der Waals surface area (Å²) >= 11 is 0. The Balaban J connectivity index is 2.13. The molecule has 3 aliphatic rings. The van der Waals surface area contributed by atoms with Crippen LogP contribution in [0.2, 0.25) is 0 Å². The van der Waals surface area contributed by atoms with E-state index in [4.69, 9.17) is 0 Å². The molecule has 3 rings (SSSR count). The molecule has 0 aromatic rings. The lowest BCUT2D eigenvalue weighted by molar-refractivity contribution is -0.240.